The van der Waals surface area contributed by atoms with E-state index in [4.69, 9.17) is 0 Å². The minimum absolute atomic E-state index is 0.0599. The Kier molecular flexibility index (Phi) is 4.87. The molecular formula is C14H18BrF3. The second kappa shape index (κ2) is 5.64. The van der Waals surface area contributed by atoms with E-state index < -0.39 is 17.4 Å². The maximum Gasteiger partial charge on any atom is 0.390 e. The fourth-order valence-corrected chi connectivity index (χ4v) is 2.34. The number of alkyl halides is 4. The maximum absolute atomic E-state index is 12.3. The molecule has 0 bridgehead atoms. The van der Waals surface area contributed by atoms with Crippen LogP contribution < -0.4 is 0 Å². The highest BCUT2D eigenvalue weighted by Gasteiger charge is 2.31. The number of halogens is 4. The van der Waals surface area contributed by atoms with Crippen LogP contribution >= 0.6 is 15.9 Å². The van der Waals surface area contributed by atoms with Crippen molar-refractivity contribution in [2.75, 3.05) is 0 Å². The summed E-state index contributed by atoms with van der Waals surface area (Å²) in [5, 5.41) is 0. The third-order valence-corrected chi connectivity index (χ3v) is 4.20. The highest BCUT2D eigenvalue weighted by Crippen LogP contribution is 2.36. The second-order valence-corrected chi connectivity index (χ2v) is 6.25. The summed E-state index contributed by atoms with van der Waals surface area (Å²) in [4.78, 5) is -0.670. The van der Waals surface area contributed by atoms with Crippen molar-refractivity contribution in [1.82, 2.24) is 0 Å². The normalized spacial score (nSPS) is 14.6. The summed E-state index contributed by atoms with van der Waals surface area (Å²) in [5.74, 6) is 0. The van der Waals surface area contributed by atoms with Gasteiger partial charge in [0.15, 0.2) is 0 Å². The number of hydrogen-bond acceptors (Lipinski definition) is 0. The topological polar surface area (TPSA) is 0 Å². The minimum Gasteiger partial charge on any atom is -0.171 e. The Bertz CT molecular complexity index is 379. The van der Waals surface area contributed by atoms with Crippen LogP contribution in [0.3, 0.4) is 0 Å². The van der Waals surface area contributed by atoms with E-state index in [-0.39, 0.29) is 5.41 Å². The van der Waals surface area contributed by atoms with Crippen molar-refractivity contribution in [2.24, 2.45) is 0 Å². The SMILES string of the molecule is CCC(C)(C)c1ccc(C(Br)CC(F)(F)F)cc1. The Hall–Kier alpha value is -0.510. The van der Waals surface area contributed by atoms with Crippen LogP contribution in [0.25, 0.3) is 0 Å². The summed E-state index contributed by atoms with van der Waals surface area (Å²) in [5.41, 5.74) is 1.88. The van der Waals surface area contributed by atoms with Gasteiger partial charge in [0.2, 0.25) is 0 Å². The smallest absolute Gasteiger partial charge is 0.171 e. The fourth-order valence-electron chi connectivity index (χ4n) is 1.67. The van der Waals surface area contributed by atoms with Crippen molar-refractivity contribution in [3.05, 3.63) is 35.4 Å². The molecule has 1 unspecified atom stereocenters. The first kappa shape index (κ1) is 15.5. The molecule has 1 rings (SSSR count). The number of benzene rings is 1. The van der Waals surface area contributed by atoms with Crippen molar-refractivity contribution < 1.29 is 13.2 Å². The molecule has 0 spiro atoms. The molecule has 0 aromatic heterocycles. The van der Waals surface area contributed by atoms with Crippen molar-refractivity contribution in [3.63, 3.8) is 0 Å². The Morgan fingerprint density at radius 3 is 2.00 bits per heavy atom. The molecule has 0 aliphatic carbocycles. The van der Waals surface area contributed by atoms with Gasteiger partial charge >= 0.3 is 6.18 Å². The number of hydrogen-bond donors (Lipinski definition) is 0. The minimum atomic E-state index is -4.14. The van der Waals surface area contributed by atoms with Gasteiger partial charge in [-0.25, -0.2) is 0 Å². The van der Waals surface area contributed by atoms with Gasteiger partial charge < -0.3 is 0 Å². The lowest BCUT2D eigenvalue weighted by Gasteiger charge is -2.24. The molecule has 0 amide bonds. The Balaban J connectivity index is 2.83. The summed E-state index contributed by atoms with van der Waals surface area (Å²) < 4.78 is 36.9. The summed E-state index contributed by atoms with van der Waals surface area (Å²) in [6.07, 6.45) is -3.99. The zero-order chi connectivity index (χ0) is 14.0. The molecule has 1 aromatic rings. The highest BCUT2D eigenvalue weighted by molar-refractivity contribution is 9.09. The molecule has 0 heterocycles. The van der Waals surface area contributed by atoms with E-state index in [1.807, 2.05) is 12.1 Å². The van der Waals surface area contributed by atoms with E-state index in [1.54, 1.807) is 12.1 Å². The van der Waals surface area contributed by atoms with Gasteiger partial charge in [0.25, 0.3) is 0 Å². The zero-order valence-electron chi connectivity index (χ0n) is 10.8. The second-order valence-electron chi connectivity index (χ2n) is 5.15. The van der Waals surface area contributed by atoms with Gasteiger partial charge in [-0.2, -0.15) is 13.2 Å². The van der Waals surface area contributed by atoms with E-state index in [9.17, 15) is 13.2 Å². The molecule has 0 aliphatic rings. The van der Waals surface area contributed by atoms with Crippen LogP contribution in [0, 0.1) is 0 Å². The van der Waals surface area contributed by atoms with Gasteiger partial charge in [0.1, 0.15) is 0 Å². The predicted molar refractivity (Wildman–Crippen MR) is 72.1 cm³/mol. The van der Waals surface area contributed by atoms with Gasteiger partial charge in [0, 0.05) is 4.83 Å². The summed E-state index contributed by atoms with van der Waals surface area (Å²) in [7, 11) is 0. The zero-order valence-corrected chi connectivity index (χ0v) is 12.4. The van der Waals surface area contributed by atoms with Crippen LogP contribution in [0.4, 0.5) is 13.2 Å². The van der Waals surface area contributed by atoms with Crippen LogP contribution in [0.5, 0.6) is 0 Å². The Morgan fingerprint density at radius 2 is 1.61 bits per heavy atom. The summed E-state index contributed by atoms with van der Waals surface area (Å²) in [6, 6.07) is 7.39. The van der Waals surface area contributed by atoms with Crippen molar-refractivity contribution >= 4 is 15.9 Å². The third-order valence-electron chi connectivity index (χ3n) is 3.35. The average molecular weight is 323 g/mol. The maximum atomic E-state index is 12.3. The van der Waals surface area contributed by atoms with E-state index in [1.165, 1.54) is 0 Å². The Labute approximate surface area is 115 Å². The van der Waals surface area contributed by atoms with Crippen LogP contribution in [0.1, 0.15) is 49.6 Å². The molecule has 4 heteroatoms. The fraction of sp³-hybridized carbons (Fsp3) is 0.571. The van der Waals surface area contributed by atoms with Crippen molar-refractivity contribution in [1.29, 1.82) is 0 Å². The molecule has 1 atom stereocenters. The first-order valence-electron chi connectivity index (χ1n) is 5.97. The molecule has 102 valence electrons. The molecule has 0 aliphatic heterocycles. The third kappa shape index (κ3) is 4.30. The lowest BCUT2D eigenvalue weighted by Crippen LogP contribution is -2.15. The van der Waals surface area contributed by atoms with Gasteiger partial charge in [-0.15, -0.1) is 0 Å². The monoisotopic (exact) mass is 322 g/mol. The molecule has 0 fully saturated rings. The van der Waals surface area contributed by atoms with Gasteiger partial charge in [-0.05, 0) is 23.0 Å². The molecule has 0 saturated heterocycles. The number of rotatable bonds is 4. The van der Waals surface area contributed by atoms with E-state index in [0.717, 1.165) is 12.0 Å². The van der Waals surface area contributed by atoms with Gasteiger partial charge in [-0.1, -0.05) is 61.0 Å². The lowest BCUT2D eigenvalue weighted by atomic mass is 9.82. The van der Waals surface area contributed by atoms with E-state index >= 15 is 0 Å². The lowest BCUT2D eigenvalue weighted by molar-refractivity contribution is -0.134. The molecule has 18 heavy (non-hydrogen) atoms. The Morgan fingerprint density at radius 1 is 1.11 bits per heavy atom. The van der Waals surface area contributed by atoms with Gasteiger partial charge in [-0.3, -0.25) is 0 Å². The highest BCUT2D eigenvalue weighted by atomic mass is 79.9. The summed E-state index contributed by atoms with van der Waals surface area (Å²) in [6.45, 7) is 6.36. The molecular weight excluding hydrogens is 305 g/mol. The van der Waals surface area contributed by atoms with Crippen LogP contribution in [-0.2, 0) is 5.41 Å². The quantitative estimate of drug-likeness (QED) is 0.618. The first-order valence-corrected chi connectivity index (χ1v) is 6.88. The standard InChI is InChI=1S/C14H18BrF3/c1-4-13(2,3)11-7-5-10(6-8-11)12(15)9-14(16,17)18/h5-8,12H,4,9H2,1-3H3. The van der Waals surface area contributed by atoms with Crippen molar-refractivity contribution in [2.45, 2.75) is 50.0 Å². The molecule has 0 N–H and O–H groups in total. The van der Waals surface area contributed by atoms with E-state index in [2.05, 4.69) is 36.7 Å². The van der Waals surface area contributed by atoms with Crippen molar-refractivity contribution in [3.8, 4) is 0 Å². The largest absolute Gasteiger partial charge is 0.390 e. The predicted octanol–water partition coefficient (Wildman–Crippen LogP) is 5.76. The summed E-state index contributed by atoms with van der Waals surface area (Å²) >= 11 is 3.09. The van der Waals surface area contributed by atoms with Crippen LogP contribution in [0.15, 0.2) is 24.3 Å². The molecule has 1 aromatic carbocycles. The van der Waals surface area contributed by atoms with Gasteiger partial charge in [0.05, 0.1) is 6.42 Å². The van der Waals surface area contributed by atoms with Crippen LogP contribution in [-0.4, -0.2) is 6.18 Å². The molecule has 0 saturated carbocycles. The molecule has 0 radical (unpaired) electrons. The average Bonchev–Trinajstić information content (AvgIpc) is 2.27. The van der Waals surface area contributed by atoms with Crippen LogP contribution in [0.2, 0.25) is 0 Å². The first-order chi connectivity index (χ1) is 8.15. The van der Waals surface area contributed by atoms with E-state index in [0.29, 0.717) is 5.56 Å². The molecule has 0 nitrogen and oxygen atoms in total.